The van der Waals surface area contributed by atoms with E-state index in [-0.39, 0.29) is 18.7 Å². The van der Waals surface area contributed by atoms with Crippen LogP contribution in [0.15, 0.2) is 0 Å². The first-order valence-corrected chi connectivity index (χ1v) is 8.20. The van der Waals surface area contributed by atoms with Crippen molar-refractivity contribution >= 4 is 15.9 Å². The van der Waals surface area contributed by atoms with E-state index in [9.17, 15) is 13.2 Å². The van der Waals surface area contributed by atoms with Crippen LogP contribution in [0, 0.1) is 0 Å². The standard InChI is InChI=1S/C12H25N3O4S/c1-9(12(16)14(2)3)20(17,18)15-6-5-11(19-4)7-10(15)8-13/h9-11H,5-8,13H2,1-4H3. The van der Waals surface area contributed by atoms with E-state index in [0.717, 1.165) is 0 Å². The Morgan fingerprint density at radius 2 is 2.10 bits per heavy atom. The zero-order valence-corrected chi connectivity index (χ0v) is 13.4. The minimum absolute atomic E-state index is 0.0230. The molecule has 1 rings (SSSR count). The fourth-order valence-electron chi connectivity index (χ4n) is 2.45. The molecule has 1 heterocycles. The number of nitrogens with zero attached hydrogens (tertiary/aromatic N) is 2. The Labute approximate surface area is 121 Å². The van der Waals surface area contributed by atoms with Crippen LogP contribution in [0.4, 0.5) is 0 Å². The van der Waals surface area contributed by atoms with Gasteiger partial charge < -0.3 is 15.4 Å². The average Bonchev–Trinajstić information content (AvgIpc) is 2.44. The van der Waals surface area contributed by atoms with Crippen LogP contribution in [-0.2, 0) is 19.6 Å². The van der Waals surface area contributed by atoms with Crippen LogP contribution in [0.1, 0.15) is 19.8 Å². The second-order valence-corrected chi connectivity index (χ2v) is 7.51. The van der Waals surface area contributed by atoms with Gasteiger partial charge in [0.15, 0.2) is 5.25 Å². The molecule has 0 spiro atoms. The minimum Gasteiger partial charge on any atom is -0.381 e. The summed E-state index contributed by atoms with van der Waals surface area (Å²) >= 11 is 0. The van der Waals surface area contributed by atoms with Gasteiger partial charge in [-0.2, -0.15) is 4.31 Å². The van der Waals surface area contributed by atoms with Crippen LogP contribution in [0.3, 0.4) is 0 Å². The first-order valence-electron chi connectivity index (χ1n) is 6.70. The Morgan fingerprint density at radius 3 is 2.55 bits per heavy atom. The van der Waals surface area contributed by atoms with Crippen molar-refractivity contribution < 1.29 is 17.9 Å². The van der Waals surface area contributed by atoms with Gasteiger partial charge in [-0.05, 0) is 19.8 Å². The maximum atomic E-state index is 12.6. The van der Waals surface area contributed by atoms with E-state index in [1.807, 2.05) is 0 Å². The normalized spacial score (nSPS) is 26.2. The molecule has 3 unspecified atom stereocenters. The molecule has 0 aromatic carbocycles. The Kier molecular flexibility index (Phi) is 5.93. The molecule has 7 nitrogen and oxygen atoms in total. The van der Waals surface area contributed by atoms with Crippen molar-refractivity contribution in [3.63, 3.8) is 0 Å². The molecule has 0 bridgehead atoms. The maximum Gasteiger partial charge on any atom is 0.241 e. The van der Waals surface area contributed by atoms with Gasteiger partial charge in [0, 0.05) is 40.3 Å². The minimum atomic E-state index is -3.69. The fraction of sp³-hybridized carbons (Fsp3) is 0.917. The zero-order chi connectivity index (χ0) is 15.5. The number of sulfonamides is 1. The third kappa shape index (κ3) is 3.49. The predicted molar refractivity (Wildman–Crippen MR) is 76.7 cm³/mol. The summed E-state index contributed by atoms with van der Waals surface area (Å²) in [6.45, 7) is 1.99. The highest BCUT2D eigenvalue weighted by Crippen LogP contribution is 2.24. The van der Waals surface area contributed by atoms with Crippen LogP contribution >= 0.6 is 0 Å². The highest BCUT2D eigenvalue weighted by molar-refractivity contribution is 7.90. The largest absolute Gasteiger partial charge is 0.381 e. The first-order chi connectivity index (χ1) is 9.25. The number of carbonyl (C=O) groups excluding carboxylic acids is 1. The smallest absolute Gasteiger partial charge is 0.241 e. The average molecular weight is 307 g/mol. The molecular weight excluding hydrogens is 282 g/mol. The van der Waals surface area contributed by atoms with Crippen LogP contribution in [0.25, 0.3) is 0 Å². The van der Waals surface area contributed by atoms with Crippen molar-refractivity contribution in [2.45, 2.75) is 37.2 Å². The van der Waals surface area contributed by atoms with Crippen molar-refractivity contribution in [2.75, 3.05) is 34.3 Å². The number of nitrogens with two attached hydrogens (primary N) is 1. The molecule has 0 aromatic rings. The number of rotatable bonds is 5. The molecule has 1 fully saturated rings. The van der Waals surface area contributed by atoms with Gasteiger partial charge in [-0.1, -0.05) is 0 Å². The SMILES string of the molecule is COC1CCN(S(=O)(=O)C(C)C(=O)N(C)C)C(CN)C1. The number of hydrogen-bond acceptors (Lipinski definition) is 5. The summed E-state index contributed by atoms with van der Waals surface area (Å²) in [5.74, 6) is -0.422. The van der Waals surface area contributed by atoms with Gasteiger partial charge in [0.1, 0.15) is 0 Å². The molecule has 2 N–H and O–H groups in total. The molecule has 1 aliphatic rings. The number of methoxy groups -OCH3 is 1. The fourth-order valence-corrected chi connectivity index (χ4v) is 4.27. The molecule has 118 valence electrons. The van der Waals surface area contributed by atoms with Gasteiger partial charge in [-0.25, -0.2) is 8.42 Å². The molecule has 20 heavy (non-hydrogen) atoms. The van der Waals surface area contributed by atoms with Crippen molar-refractivity contribution in [1.29, 1.82) is 0 Å². The van der Waals surface area contributed by atoms with E-state index < -0.39 is 21.2 Å². The third-order valence-corrected chi connectivity index (χ3v) is 6.01. The summed E-state index contributed by atoms with van der Waals surface area (Å²) in [6, 6.07) is -0.309. The Bertz CT molecular complexity index is 438. The van der Waals surface area contributed by atoms with Crippen molar-refractivity contribution in [1.82, 2.24) is 9.21 Å². The van der Waals surface area contributed by atoms with Crippen LogP contribution < -0.4 is 5.73 Å². The molecule has 8 heteroatoms. The van der Waals surface area contributed by atoms with Crippen molar-refractivity contribution in [2.24, 2.45) is 5.73 Å². The third-order valence-electron chi connectivity index (χ3n) is 3.78. The second-order valence-electron chi connectivity index (χ2n) is 5.30. The molecule has 0 aliphatic carbocycles. The summed E-state index contributed by atoms with van der Waals surface area (Å²) < 4.78 is 31.8. The summed E-state index contributed by atoms with van der Waals surface area (Å²) in [4.78, 5) is 13.2. The Hall–Kier alpha value is -0.700. The molecular formula is C12H25N3O4S. The van der Waals surface area contributed by atoms with Crippen LogP contribution in [-0.4, -0.2) is 75.2 Å². The van der Waals surface area contributed by atoms with E-state index in [4.69, 9.17) is 10.5 Å². The molecule has 3 atom stereocenters. The summed E-state index contributed by atoms with van der Waals surface area (Å²) in [5, 5.41) is -1.09. The summed E-state index contributed by atoms with van der Waals surface area (Å²) in [5.41, 5.74) is 5.69. The van der Waals surface area contributed by atoms with E-state index in [0.29, 0.717) is 19.4 Å². The van der Waals surface area contributed by atoms with E-state index in [1.54, 1.807) is 21.2 Å². The lowest BCUT2D eigenvalue weighted by Gasteiger charge is -2.38. The highest BCUT2D eigenvalue weighted by Gasteiger charge is 2.41. The van der Waals surface area contributed by atoms with Gasteiger partial charge in [0.05, 0.1) is 6.10 Å². The van der Waals surface area contributed by atoms with Crippen molar-refractivity contribution in [3.8, 4) is 0 Å². The van der Waals surface area contributed by atoms with Crippen molar-refractivity contribution in [3.05, 3.63) is 0 Å². The highest BCUT2D eigenvalue weighted by atomic mass is 32.2. The van der Waals surface area contributed by atoms with Crippen LogP contribution in [0.5, 0.6) is 0 Å². The predicted octanol–water partition coefficient (Wildman–Crippen LogP) is -0.769. The van der Waals surface area contributed by atoms with E-state index in [1.165, 1.54) is 16.1 Å². The molecule has 0 saturated carbocycles. The lowest BCUT2D eigenvalue weighted by Crippen LogP contribution is -2.55. The number of carbonyl (C=O) groups is 1. The van der Waals surface area contributed by atoms with Gasteiger partial charge >= 0.3 is 0 Å². The van der Waals surface area contributed by atoms with Gasteiger partial charge in [0.2, 0.25) is 15.9 Å². The summed E-state index contributed by atoms with van der Waals surface area (Å²) in [7, 11) is 1.01. The maximum absolute atomic E-state index is 12.6. The lowest BCUT2D eigenvalue weighted by molar-refractivity contribution is -0.128. The summed E-state index contributed by atoms with van der Waals surface area (Å²) in [6.07, 6.45) is 1.21. The second kappa shape index (κ2) is 6.84. The number of ether oxygens (including phenoxy) is 1. The number of hydrogen-bond donors (Lipinski definition) is 1. The lowest BCUT2D eigenvalue weighted by atomic mass is 10.0. The molecule has 1 aliphatic heterocycles. The quantitative estimate of drug-likeness (QED) is 0.720. The van der Waals surface area contributed by atoms with E-state index in [2.05, 4.69) is 0 Å². The number of amides is 1. The molecule has 1 saturated heterocycles. The molecule has 0 radical (unpaired) electrons. The van der Waals surface area contributed by atoms with E-state index >= 15 is 0 Å². The topological polar surface area (TPSA) is 92.9 Å². The van der Waals surface area contributed by atoms with Crippen LogP contribution in [0.2, 0.25) is 0 Å². The zero-order valence-electron chi connectivity index (χ0n) is 12.6. The first kappa shape index (κ1) is 17.4. The number of piperidine rings is 1. The van der Waals surface area contributed by atoms with Gasteiger partial charge in [0.25, 0.3) is 0 Å². The Morgan fingerprint density at radius 1 is 1.50 bits per heavy atom. The van der Waals surface area contributed by atoms with Gasteiger partial charge in [-0.3, -0.25) is 4.79 Å². The Balaban J connectivity index is 2.94. The van der Waals surface area contributed by atoms with Gasteiger partial charge in [-0.15, -0.1) is 0 Å². The molecule has 1 amide bonds. The monoisotopic (exact) mass is 307 g/mol. The molecule has 0 aromatic heterocycles.